The van der Waals surface area contributed by atoms with Gasteiger partial charge in [-0.1, -0.05) is 12.1 Å². The van der Waals surface area contributed by atoms with Gasteiger partial charge in [0.25, 0.3) is 0 Å². The van der Waals surface area contributed by atoms with Gasteiger partial charge in [-0.3, -0.25) is 0 Å². The van der Waals surface area contributed by atoms with Gasteiger partial charge >= 0.3 is 0 Å². The maximum absolute atomic E-state index is 12.4. The lowest BCUT2D eigenvalue weighted by atomic mass is 10.2. The molecule has 5 rings (SSSR count). The largest absolute Gasteiger partial charge is 0.340 e. The number of nitrogens with zero attached hydrogens (tertiary/aromatic N) is 2. The van der Waals surface area contributed by atoms with Crippen molar-refractivity contribution < 1.29 is 16.8 Å². The second-order valence-electron chi connectivity index (χ2n) is 9.56. The third-order valence-corrected chi connectivity index (χ3v) is 9.64. The number of rotatable bonds is 12. The molecule has 2 aliphatic rings. The van der Waals surface area contributed by atoms with Crippen LogP contribution < -0.4 is 20.1 Å². The van der Waals surface area contributed by atoms with Gasteiger partial charge in [-0.15, -0.1) is 0 Å². The highest BCUT2D eigenvalue weighted by Crippen LogP contribution is 2.29. The summed E-state index contributed by atoms with van der Waals surface area (Å²) in [7, 11) is -6.74. The molecule has 2 aliphatic carbocycles. The van der Waals surface area contributed by atoms with Gasteiger partial charge in [0.05, 0.1) is 10.1 Å². The fraction of sp³-hybridized carbons (Fsp3) is 0.360. The Balaban J connectivity index is 1.20. The molecule has 10 nitrogen and oxygen atoms in total. The summed E-state index contributed by atoms with van der Waals surface area (Å²) in [5.74, 6) is 1.44. The van der Waals surface area contributed by atoms with Crippen molar-refractivity contribution in [2.45, 2.75) is 49.3 Å². The van der Waals surface area contributed by atoms with E-state index in [1.807, 2.05) is 31.2 Å². The molecular weight excluding hydrogens is 512 g/mol. The van der Waals surface area contributed by atoms with Gasteiger partial charge in [-0.2, -0.15) is 4.98 Å². The molecule has 0 spiro atoms. The third kappa shape index (κ3) is 6.83. The minimum atomic E-state index is -3.52. The average molecular weight is 543 g/mol. The molecule has 196 valence electrons. The van der Waals surface area contributed by atoms with E-state index in [4.69, 9.17) is 0 Å². The summed E-state index contributed by atoms with van der Waals surface area (Å²) >= 11 is 0. The molecule has 0 saturated heterocycles. The Morgan fingerprint density at radius 1 is 0.838 bits per heavy atom. The van der Waals surface area contributed by atoms with Crippen LogP contribution in [-0.2, 0) is 26.6 Å². The summed E-state index contributed by atoms with van der Waals surface area (Å²) in [6.45, 7) is 2.63. The van der Waals surface area contributed by atoms with Crippen molar-refractivity contribution in [1.82, 2.24) is 19.4 Å². The van der Waals surface area contributed by atoms with E-state index in [-0.39, 0.29) is 16.7 Å². The van der Waals surface area contributed by atoms with Crippen LogP contribution in [0, 0.1) is 12.8 Å². The second-order valence-corrected chi connectivity index (χ2v) is 13.4. The van der Waals surface area contributed by atoms with E-state index < -0.39 is 20.0 Å². The SMILES string of the molecule is Cc1cnc(Nc2ccc(S(=O)(=O)NCC3CC3)cc2)nc1Nc1ccc(CNS(=O)(=O)C2CC2)cc1. The molecule has 0 radical (unpaired) electrons. The first-order chi connectivity index (χ1) is 17.7. The molecule has 0 atom stereocenters. The van der Waals surface area contributed by atoms with Crippen LogP contribution in [0.5, 0.6) is 0 Å². The average Bonchev–Trinajstić information content (AvgIpc) is 3.78. The Bertz CT molecular complexity index is 1470. The van der Waals surface area contributed by atoms with Crippen LogP contribution in [0.15, 0.2) is 59.6 Å². The molecule has 2 saturated carbocycles. The highest BCUT2D eigenvalue weighted by Gasteiger charge is 2.35. The highest BCUT2D eigenvalue weighted by atomic mass is 32.2. The lowest BCUT2D eigenvalue weighted by Crippen LogP contribution is -2.26. The van der Waals surface area contributed by atoms with Crippen LogP contribution in [0.4, 0.5) is 23.1 Å². The summed E-state index contributed by atoms with van der Waals surface area (Å²) in [5.41, 5.74) is 3.17. The topological polar surface area (TPSA) is 142 Å². The molecule has 0 aliphatic heterocycles. The molecular formula is C25H30N6O4S2. The van der Waals surface area contributed by atoms with Gasteiger partial charge in [0.1, 0.15) is 5.82 Å². The number of anilines is 4. The molecule has 1 heterocycles. The zero-order chi connectivity index (χ0) is 26.0. The van der Waals surface area contributed by atoms with E-state index in [0.717, 1.165) is 42.5 Å². The number of aromatic nitrogens is 2. The number of sulfonamides is 2. The Labute approximate surface area is 217 Å². The predicted octanol–water partition coefficient (Wildman–Crippen LogP) is 3.54. The standard InChI is InChI=1S/C25H30N6O4S2/c1-17-14-26-25(30-21-8-10-22(11-9-21)36(32,33)27-15-18-2-3-18)31-24(17)29-20-6-4-19(5-7-20)16-28-37(34,35)23-12-13-23/h4-11,14,18,23,27-28H,2-3,12-13,15-16H2,1H3,(H2,26,29,30,31). The molecule has 2 fully saturated rings. The van der Waals surface area contributed by atoms with Crippen LogP contribution in [-0.4, -0.2) is 38.6 Å². The second kappa shape index (κ2) is 10.4. The molecule has 3 aromatic rings. The Morgan fingerprint density at radius 2 is 1.49 bits per heavy atom. The van der Waals surface area contributed by atoms with E-state index in [2.05, 4.69) is 30.0 Å². The molecule has 37 heavy (non-hydrogen) atoms. The van der Waals surface area contributed by atoms with E-state index in [1.54, 1.807) is 30.5 Å². The van der Waals surface area contributed by atoms with Crippen molar-refractivity contribution in [2.24, 2.45) is 5.92 Å². The summed E-state index contributed by atoms with van der Waals surface area (Å²) in [6, 6.07) is 13.9. The summed E-state index contributed by atoms with van der Waals surface area (Å²) in [4.78, 5) is 9.09. The molecule has 12 heteroatoms. The van der Waals surface area contributed by atoms with Crippen LogP contribution in [0.3, 0.4) is 0 Å². The summed E-state index contributed by atoms with van der Waals surface area (Å²) in [5, 5.41) is 6.13. The Hall–Kier alpha value is -3.06. The molecule has 1 aromatic heterocycles. The predicted molar refractivity (Wildman–Crippen MR) is 143 cm³/mol. The van der Waals surface area contributed by atoms with Crippen molar-refractivity contribution in [2.75, 3.05) is 17.2 Å². The third-order valence-electron chi connectivity index (χ3n) is 6.31. The summed E-state index contributed by atoms with van der Waals surface area (Å²) < 4.78 is 54.2. The minimum absolute atomic E-state index is 0.217. The molecule has 4 N–H and O–H groups in total. The van der Waals surface area contributed by atoms with Gasteiger partial charge in [-0.05, 0) is 80.5 Å². The van der Waals surface area contributed by atoms with Gasteiger partial charge in [0, 0.05) is 36.2 Å². The maximum Gasteiger partial charge on any atom is 0.240 e. The number of nitrogens with one attached hydrogen (secondary N) is 4. The maximum atomic E-state index is 12.4. The van der Waals surface area contributed by atoms with E-state index in [1.165, 1.54) is 0 Å². The van der Waals surface area contributed by atoms with Crippen molar-refractivity contribution in [1.29, 1.82) is 0 Å². The first-order valence-electron chi connectivity index (χ1n) is 12.2. The summed E-state index contributed by atoms with van der Waals surface area (Å²) in [6.07, 6.45) is 5.32. The van der Waals surface area contributed by atoms with Crippen LogP contribution >= 0.6 is 0 Å². The molecule has 0 unspecified atom stereocenters. The van der Waals surface area contributed by atoms with Gasteiger partial charge in [0.2, 0.25) is 26.0 Å². The van der Waals surface area contributed by atoms with E-state index >= 15 is 0 Å². The zero-order valence-corrected chi connectivity index (χ0v) is 22.1. The number of aryl methyl sites for hydroxylation is 1. The Morgan fingerprint density at radius 3 is 2.14 bits per heavy atom. The number of benzene rings is 2. The Kier molecular flexibility index (Phi) is 7.17. The molecule has 0 amide bonds. The molecule has 2 aromatic carbocycles. The minimum Gasteiger partial charge on any atom is -0.340 e. The zero-order valence-electron chi connectivity index (χ0n) is 20.4. The smallest absolute Gasteiger partial charge is 0.240 e. The van der Waals surface area contributed by atoms with Gasteiger partial charge in [-0.25, -0.2) is 31.3 Å². The molecule has 0 bridgehead atoms. The van der Waals surface area contributed by atoms with Crippen LogP contribution in [0.25, 0.3) is 0 Å². The lowest BCUT2D eigenvalue weighted by molar-refractivity contribution is 0.576. The quantitative estimate of drug-likeness (QED) is 0.272. The number of hydrogen-bond acceptors (Lipinski definition) is 8. The van der Waals surface area contributed by atoms with Gasteiger partial charge in [0.15, 0.2) is 0 Å². The van der Waals surface area contributed by atoms with E-state index in [9.17, 15) is 16.8 Å². The van der Waals surface area contributed by atoms with Crippen molar-refractivity contribution in [3.8, 4) is 0 Å². The number of hydrogen-bond donors (Lipinski definition) is 4. The van der Waals surface area contributed by atoms with Crippen LogP contribution in [0.2, 0.25) is 0 Å². The monoisotopic (exact) mass is 542 g/mol. The first-order valence-corrected chi connectivity index (χ1v) is 15.3. The normalized spacial score (nSPS) is 15.9. The highest BCUT2D eigenvalue weighted by molar-refractivity contribution is 7.90. The fourth-order valence-corrected chi connectivity index (χ4v) is 6.11. The van der Waals surface area contributed by atoms with Crippen molar-refractivity contribution >= 4 is 43.2 Å². The lowest BCUT2D eigenvalue weighted by Gasteiger charge is -2.12. The van der Waals surface area contributed by atoms with Crippen LogP contribution in [0.1, 0.15) is 36.8 Å². The van der Waals surface area contributed by atoms with Gasteiger partial charge < -0.3 is 10.6 Å². The fourth-order valence-electron chi connectivity index (χ4n) is 3.63. The van der Waals surface area contributed by atoms with Crippen molar-refractivity contribution in [3.05, 3.63) is 65.9 Å². The van der Waals surface area contributed by atoms with Crippen molar-refractivity contribution in [3.63, 3.8) is 0 Å². The van der Waals surface area contributed by atoms with E-state index in [0.29, 0.717) is 29.9 Å². The first kappa shape index (κ1) is 25.6.